The molecule has 0 aliphatic rings. The van der Waals surface area contributed by atoms with Crippen LogP contribution in [0.25, 0.3) is 0 Å². The highest BCUT2D eigenvalue weighted by Crippen LogP contribution is 2.07. The largest absolute Gasteiger partial charge is 0.478 e. The third-order valence-electron chi connectivity index (χ3n) is 1.39. The summed E-state index contributed by atoms with van der Waals surface area (Å²) in [5.74, 6) is -2.46. The Labute approximate surface area is 95.5 Å². The van der Waals surface area contributed by atoms with Crippen LogP contribution in [-0.4, -0.2) is 49.5 Å². The molecule has 0 fully saturated rings. The first kappa shape index (κ1) is 29.4. The fraction of sp³-hybridized carbons (Fsp3) is 0. The van der Waals surface area contributed by atoms with Crippen molar-refractivity contribution in [2.45, 2.75) is 0 Å². The maximum absolute atomic E-state index is 10.5. The summed E-state index contributed by atoms with van der Waals surface area (Å²) in [5, 5.41) is 17.1. The van der Waals surface area contributed by atoms with Crippen molar-refractivity contribution in [1.82, 2.24) is 0 Å². The number of carbonyl (C=O) groups is 2. The fourth-order valence-corrected chi connectivity index (χ4v) is 0.856. The molecule has 0 aliphatic heterocycles. The minimum absolute atomic E-state index is 0. The van der Waals surface area contributed by atoms with E-state index in [-0.39, 0.29) is 38.5 Å². The maximum atomic E-state index is 10.5. The minimum atomic E-state index is -1.23. The van der Waals surface area contributed by atoms with E-state index in [1.54, 1.807) is 0 Å². The molecule has 1 aromatic rings. The van der Waals surface area contributed by atoms with Gasteiger partial charge in [-0.1, -0.05) is 12.1 Å². The van der Waals surface area contributed by atoms with Crippen molar-refractivity contribution in [2.24, 2.45) is 0 Å². The Balaban J connectivity index is -0.0000000960. The van der Waals surface area contributed by atoms with Crippen molar-refractivity contribution in [3.8, 4) is 0 Å². The molecule has 9 nitrogen and oxygen atoms in total. The van der Waals surface area contributed by atoms with E-state index in [4.69, 9.17) is 10.2 Å². The molecule has 0 saturated heterocycles. The molecule has 0 heterocycles. The lowest BCUT2D eigenvalue weighted by molar-refractivity contribution is 0.0651. The number of hydrogen-bond donors (Lipinski definition) is 2. The van der Waals surface area contributed by atoms with E-state index in [9.17, 15) is 9.59 Å². The van der Waals surface area contributed by atoms with Crippen molar-refractivity contribution in [2.75, 3.05) is 0 Å². The Morgan fingerprint density at radius 3 is 1.12 bits per heavy atom. The number of hydrogen-bond acceptors (Lipinski definition) is 2. The fourth-order valence-electron chi connectivity index (χ4n) is 0.856. The highest BCUT2D eigenvalue weighted by Gasteiger charge is 2.13. The van der Waals surface area contributed by atoms with E-state index < -0.39 is 11.9 Å². The molecular formula is C8H16O9. The topological polar surface area (TPSA) is 232 Å². The molecule has 0 aromatic heterocycles. The van der Waals surface area contributed by atoms with Crippen molar-refractivity contribution >= 4 is 11.9 Å². The van der Waals surface area contributed by atoms with Gasteiger partial charge in [0.15, 0.2) is 0 Å². The molecule has 0 saturated carbocycles. The average molecular weight is 256 g/mol. The first-order valence-corrected chi connectivity index (χ1v) is 3.18. The van der Waals surface area contributed by atoms with Gasteiger partial charge in [-0.2, -0.15) is 0 Å². The lowest BCUT2D eigenvalue weighted by atomic mass is 10.1. The van der Waals surface area contributed by atoms with E-state index >= 15 is 0 Å². The van der Waals surface area contributed by atoms with Crippen LogP contribution in [0.1, 0.15) is 20.7 Å². The number of carboxylic acid groups (broad SMARTS) is 2. The van der Waals surface area contributed by atoms with Crippen LogP contribution in [0.15, 0.2) is 24.3 Å². The van der Waals surface area contributed by atoms with Gasteiger partial charge >= 0.3 is 11.9 Å². The smallest absolute Gasteiger partial charge is 0.336 e. The summed E-state index contributed by atoms with van der Waals surface area (Å²) in [6.07, 6.45) is 0. The average Bonchev–Trinajstić information content (AvgIpc) is 2.04. The van der Waals surface area contributed by atoms with Gasteiger partial charge in [0, 0.05) is 0 Å². The second-order valence-corrected chi connectivity index (χ2v) is 2.16. The molecule has 102 valence electrons. The second-order valence-electron chi connectivity index (χ2n) is 2.16. The minimum Gasteiger partial charge on any atom is -0.478 e. The van der Waals surface area contributed by atoms with Crippen LogP contribution in [0.5, 0.6) is 0 Å². The highest BCUT2D eigenvalue weighted by atomic mass is 16.4. The van der Waals surface area contributed by atoms with E-state index in [1.165, 1.54) is 24.3 Å². The van der Waals surface area contributed by atoms with Gasteiger partial charge in [-0.3, -0.25) is 0 Å². The van der Waals surface area contributed by atoms with Gasteiger partial charge in [-0.25, -0.2) is 9.59 Å². The standard InChI is InChI=1S/C8H6O4.5H2O/c9-7(10)5-3-1-2-4-6(5)8(11)12;;;;;/h1-4H,(H,9,10)(H,11,12);5*1H2. The van der Waals surface area contributed by atoms with Gasteiger partial charge in [-0.05, 0) is 12.1 Å². The van der Waals surface area contributed by atoms with Gasteiger partial charge in [0.1, 0.15) is 0 Å². The van der Waals surface area contributed by atoms with Crippen molar-refractivity contribution in [1.29, 1.82) is 0 Å². The van der Waals surface area contributed by atoms with Crippen LogP contribution >= 0.6 is 0 Å². The molecule has 0 unspecified atom stereocenters. The maximum Gasteiger partial charge on any atom is 0.336 e. The summed E-state index contributed by atoms with van der Waals surface area (Å²) < 4.78 is 0. The first-order chi connectivity index (χ1) is 5.63. The van der Waals surface area contributed by atoms with Crippen molar-refractivity contribution < 1.29 is 47.2 Å². The zero-order valence-corrected chi connectivity index (χ0v) is 8.52. The number of rotatable bonds is 2. The van der Waals surface area contributed by atoms with E-state index in [0.717, 1.165) is 0 Å². The molecule has 0 amide bonds. The molecule has 1 rings (SSSR count). The summed E-state index contributed by atoms with van der Waals surface area (Å²) in [4.78, 5) is 20.9. The quantitative estimate of drug-likeness (QED) is 0.560. The van der Waals surface area contributed by atoms with Gasteiger partial charge in [-0.15, -0.1) is 0 Å². The van der Waals surface area contributed by atoms with Gasteiger partial charge in [0.05, 0.1) is 11.1 Å². The third-order valence-corrected chi connectivity index (χ3v) is 1.39. The summed E-state index contributed by atoms with van der Waals surface area (Å²) in [5.41, 5.74) is -0.380. The van der Waals surface area contributed by atoms with Crippen LogP contribution in [0.4, 0.5) is 0 Å². The van der Waals surface area contributed by atoms with Crippen LogP contribution in [0.2, 0.25) is 0 Å². The number of carboxylic acids is 2. The van der Waals surface area contributed by atoms with Gasteiger partial charge in [0.2, 0.25) is 0 Å². The Kier molecular flexibility index (Phi) is 20.8. The molecule has 17 heavy (non-hydrogen) atoms. The van der Waals surface area contributed by atoms with Crippen molar-refractivity contribution in [3.05, 3.63) is 35.4 Å². The summed E-state index contributed by atoms with van der Waals surface area (Å²) in [6.45, 7) is 0. The molecule has 0 bridgehead atoms. The molecule has 12 N–H and O–H groups in total. The second kappa shape index (κ2) is 12.0. The predicted octanol–water partition coefficient (Wildman–Crippen LogP) is -3.04. The zero-order chi connectivity index (χ0) is 9.14. The normalized spacial score (nSPS) is 6.59. The van der Waals surface area contributed by atoms with E-state index in [1.807, 2.05) is 0 Å². The Hall–Kier alpha value is -2.04. The predicted molar refractivity (Wildman–Crippen MR) is 58.4 cm³/mol. The van der Waals surface area contributed by atoms with Crippen LogP contribution in [-0.2, 0) is 0 Å². The summed E-state index contributed by atoms with van der Waals surface area (Å²) in [6, 6.07) is 5.48. The third kappa shape index (κ3) is 6.94. The summed E-state index contributed by atoms with van der Waals surface area (Å²) >= 11 is 0. The van der Waals surface area contributed by atoms with Crippen LogP contribution in [0, 0.1) is 0 Å². The SMILES string of the molecule is O.O.O.O.O.O=C(O)c1ccccc1C(=O)O. The molecule has 0 radical (unpaired) electrons. The molecule has 0 aliphatic carbocycles. The van der Waals surface area contributed by atoms with E-state index in [0.29, 0.717) is 0 Å². The monoisotopic (exact) mass is 256 g/mol. The Morgan fingerprint density at radius 1 is 0.706 bits per heavy atom. The summed E-state index contributed by atoms with van der Waals surface area (Å²) in [7, 11) is 0. The molecular weight excluding hydrogens is 240 g/mol. The Bertz CT molecular complexity index is 303. The van der Waals surface area contributed by atoms with Gasteiger partial charge in [0.25, 0.3) is 0 Å². The Morgan fingerprint density at radius 2 is 0.941 bits per heavy atom. The number of aromatic carboxylic acids is 2. The van der Waals surface area contributed by atoms with E-state index in [2.05, 4.69) is 0 Å². The highest BCUT2D eigenvalue weighted by molar-refractivity contribution is 6.01. The lowest BCUT2D eigenvalue weighted by Crippen LogP contribution is -2.06. The molecule has 9 heteroatoms. The molecule has 0 spiro atoms. The van der Waals surface area contributed by atoms with Crippen LogP contribution in [0.3, 0.4) is 0 Å². The lowest BCUT2D eigenvalue weighted by Gasteiger charge is -1.98. The molecule has 1 aromatic carbocycles. The number of benzene rings is 1. The van der Waals surface area contributed by atoms with Gasteiger partial charge < -0.3 is 37.6 Å². The zero-order valence-electron chi connectivity index (χ0n) is 8.52. The molecule has 0 atom stereocenters. The first-order valence-electron chi connectivity index (χ1n) is 3.18. The van der Waals surface area contributed by atoms with Crippen molar-refractivity contribution in [3.63, 3.8) is 0 Å². The van der Waals surface area contributed by atoms with Crippen LogP contribution < -0.4 is 0 Å².